The molecule has 0 bridgehead atoms. The Hall–Kier alpha value is -3.72. The predicted octanol–water partition coefficient (Wildman–Crippen LogP) is 2.60. The number of rotatable bonds is 8. The van der Waals surface area contributed by atoms with Crippen LogP contribution in [-0.4, -0.2) is 76.9 Å². The molecule has 1 fully saturated rings. The molecule has 14 heteroatoms. The average Bonchev–Trinajstić information content (AvgIpc) is 3.48. The largest absolute Gasteiger partial charge is 0.573 e. The summed E-state index contributed by atoms with van der Waals surface area (Å²) < 4.78 is 71.1. The van der Waals surface area contributed by atoms with Gasteiger partial charge in [0.05, 0.1) is 19.3 Å². The molecule has 3 heterocycles. The summed E-state index contributed by atoms with van der Waals surface area (Å²) in [6.07, 6.45) is -2.36. The Balaban J connectivity index is 1.29. The number of halogens is 3. The van der Waals surface area contributed by atoms with Crippen molar-refractivity contribution in [3.05, 3.63) is 71.3 Å². The summed E-state index contributed by atoms with van der Waals surface area (Å²) in [6.45, 7) is -0.153. The number of carbonyl (C=O) groups excluding carboxylic acids is 1. The van der Waals surface area contributed by atoms with E-state index in [1.165, 1.54) is 22.5 Å². The Morgan fingerprint density at radius 1 is 1.15 bits per heavy atom. The van der Waals surface area contributed by atoms with Gasteiger partial charge in [0.15, 0.2) is 0 Å². The molecular weight excluding hydrogens is 565 g/mol. The second kappa shape index (κ2) is 10.9. The van der Waals surface area contributed by atoms with Crippen molar-refractivity contribution in [3.63, 3.8) is 0 Å². The number of sulfonamides is 1. The topological polar surface area (TPSA) is 133 Å². The number of aliphatic imine (C=N–C) groups is 1. The molecule has 1 unspecified atom stereocenters. The van der Waals surface area contributed by atoms with E-state index in [0.29, 0.717) is 5.56 Å². The number of fused-ring (bicyclic) bond motifs is 1. The van der Waals surface area contributed by atoms with Crippen LogP contribution in [0.2, 0.25) is 0 Å². The number of benzene rings is 2. The highest BCUT2D eigenvalue weighted by atomic mass is 32.2. The minimum atomic E-state index is -4.87. The number of hydrogen-bond acceptors (Lipinski definition) is 7. The fourth-order valence-corrected chi connectivity index (χ4v) is 6.21. The number of nitrogens with one attached hydrogen (secondary N) is 1. The van der Waals surface area contributed by atoms with Gasteiger partial charge in [0.2, 0.25) is 10.0 Å². The Morgan fingerprint density at radius 3 is 2.59 bits per heavy atom. The van der Waals surface area contributed by atoms with Crippen molar-refractivity contribution in [3.8, 4) is 5.75 Å². The SMILES string of the molecule is O=C1NC(c2cccc(OC(F)(F)F)c2)=NC12CCN(S(=O)(=O)C=Cc1cccc3c1ccn3CC(O)CO)CC2. The van der Waals surface area contributed by atoms with E-state index in [4.69, 9.17) is 5.11 Å². The van der Waals surface area contributed by atoms with Crippen LogP contribution < -0.4 is 10.1 Å². The van der Waals surface area contributed by atoms with Crippen LogP contribution in [0.15, 0.2) is 65.1 Å². The van der Waals surface area contributed by atoms with E-state index in [9.17, 15) is 31.5 Å². The van der Waals surface area contributed by atoms with E-state index < -0.39 is 39.7 Å². The van der Waals surface area contributed by atoms with E-state index in [0.717, 1.165) is 28.4 Å². The zero-order chi connectivity index (χ0) is 29.4. The van der Waals surface area contributed by atoms with E-state index in [1.807, 2.05) is 6.07 Å². The van der Waals surface area contributed by atoms with E-state index in [1.54, 1.807) is 29.0 Å². The summed E-state index contributed by atoms with van der Waals surface area (Å²) in [5, 5.41) is 23.4. The third-order valence-corrected chi connectivity index (χ3v) is 8.68. The number of alkyl halides is 3. The minimum absolute atomic E-state index is 0.0216. The van der Waals surface area contributed by atoms with Gasteiger partial charge in [0, 0.05) is 41.2 Å². The summed E-state index contributed by atoms with van der Waals surface area (Å²) in [7, 11) is -3.85. The molecule has 0 radical (unpaired) electrons. The molecule has 218 valence electrons. The number of carbonyl (C=O) groups is 1. The molecule has 3 aromatic rings. The number of nitrogens with zero attached hydrogens (tertiary/aromatic N) is 3. The number of ether oxygens (including phenoxy) is 1. The number of piperidine rings is 1. The van der Waals surface area contributed by atoms with Crippen LogP contribution in [0.25, 0.3) is 17.0 Å². The van der Waals surface area contributed by atoms with Gasteiger partial charge < -0.3 is 24.8 Å². The number of amides is 1. The van der Waals surface area contributed by atoms with Crippen LogP contribution in [0.1, 0.15) is 24.0 Å². The van der Waals surface area contributed by atoms with Crippen LogP contribution in [-0.2, 0) is 21.4 Å². The second-order valence-electron chi connectivity index (χ2n) is 9.85. The van der Waals surface area contributed by atoms with Gasteiger partial charge >= 0.3 is 6.36 Å². The number of amidine groups is 1. The summed E-state index contributed by atoms with van der Waals surface area (Å²) in [5.41, 5.74) is 0.440. The van der Waals surface area contributed by atoms with Crippen LogP contribution in [0.4, 0.5) is 13.2 Å². The molecule has 0 aliphatic carbocycles. The summed E-state index contributed by atoms with van der Waals surface area (Å²) in [4.78, 5) is 17.4. The van der Waals surface area contributed by atoms with Gasteiger partial charge in [-0.15, -0.1) is 13.2 Å². The first-order valence-electron chi connectivity index (χ1n) is 12.7. The number of hydrogen-bond donors (Lipinski definition) is 3. The molecule has 1 saturated heterocycles. The normalized spacial score (nSPS) is 18.7. The highest BCUT2D eigenvalue weighted by Gasteiger charge is 2.47. The molecule has 2 aliphatic heterocycles. The molecule has 0 saturated carbocycles. The predicted molar refractivity (Wildman–Crippen MR) is 144 cm³/mol. The van der Waals surface area contributed by atoms with Crippen LogP contribution in [0.5, 0.6) is 5.75 Å². The van der Waals surface area contributed by atoms with Crippen LogP contribution in [0, 0.1) is 0 Å². The monoisotopic (exact) mass is 592 g/mol. The van der Waals surface area contributed by atoms with Crippen molar-refractivity contribution < 1.29 is 41.3 Å². The Kier molecular flexibility index (Phi) is 7.68. The van der Waals surface area contributed by atoms with Gasteiger partial charge in [0.25, 0.3) is 5.91 Å². The first kappa shape index (κ1) is 28.8. The first-order valence-corrected chi connectivity index (χ1v) is 14.2. The molecular formula is C27H27F3N4O6S. The molecule has 41 heavy (non-hydrogen) atoms. The Morgan fingerprint density at radius 2 is 1.88 bits per heavy atom. The number of aromatic nitrogens is 1. The Labute approximate surface area is 233 Å². The molecule has 1 atom stereocenters. The number of aliphatic hydroxyl groups excluding tert-OH is 2. The fraction of sp³-hybridized carbons (Fsp3) is 0.333. The van der Waals surface area contributed by atoms with Gasteiger partial charge in [-0.25, -0.2) is 8.42 Å². The first-order chi connectivity index (χ1) is 19.4. The van der Waals surface area contributed by atoms with Crippen molar-refractivity contribution in [2.75, 3.05) is 19.7 Å². The summed E-state index contributed by atoms with van der Waals surface area (Å²) >= 11 is 0. The van der Waals surface area contributed by atoms with E-state index in [-0.39, 0.29) is 50.5 Å². The number of aliphatic hydroxyl groups is 2. The lowest BCUT2D eigenvalue weighted by Crippen LogP contribution is -2.50. The molecule has 5 rings (SSSR count). The lowest BCUT2D eigenvalue weighted by molar-refractivity contribution is -0.274. The second-order valence-corrected chi connectivity index (χ2v) is 11.7. The Bertz CT molecular complexity index is 1630. The van der Waals surface area contributed by atoms with Gasteiger partial charge in [-0.05, 0) is 48.7 Å². The van der Waals surface area contributed by atoms with Crippen molar-refractivity contribution in [1.29, 1.82) is 0 Å². The smallest absolute Gasteiger partial charge is 0.406 e. The molecule has 2 aliphatic rings. The lowest BCUT2D eigenvalue weighted by atomic mass is 9.89. The summed E-state index contributed by atoms with van der Waals surface area (Å²) in [6, 6.07) is 12.3. The molecule has 1 aromatic heterocycles. The maximum Gasteiger partial charge on any atom is 0.573 e. The molecule has 1 amide bonds. The summed E-state index contributed by atoms with van der Waals surface area (Å²) in [5.74, 6) is -0.786. The van der Waals surface area contributed by atoms with Gasteiger partial charge in [-0.1, -0.05) is 24.3 Å². The average molecular weight is 593 g/mol. The molecule has 10 nitrogen and oxygen atoms in total. The zero-order valence-electron chi connectivity index (χ0n) is 21.6. The lowest BCUT2D eigenvalue weighted by Gasteiger charge is -2.34. The van der Waals surface area contributed by atoms with Gasteiger partial charge in [-0.3, -0.25) is 9.79 Å². The van der Waals surface area contributed by atoms with Crippen molar-refractivity contribution in [1.82, 2.24) is 14.2 Å². The minimum Gasteiger partial charge on any atom is -0.406 e. The molecule has 2 aromatic carbocycles. The highest BCUT2D eigenvalue weighted by molar-refractivity contribution is 7.92. The maximum absolute atomic E-state index is 13.1. The quantitative estimate of drug-likeness (QED) is 0.368. The standard InChI is InChI=1S/C27H27F3N4O6S/c28-27(29,30)40-21-5-1-4-19(15-21)24-31-25(37)26(32-24)9-12-34(13-10-26)41(38,39)14-8-18-3-2-6-23-22(18)7-11-33(23)16-20(36)17-35/h1-8,11,14-15,20,35-36H,9-10,12-13,16-17H2,(H,31,32,37). The molecule has 1 spiro atoms. The van der Waals surface area contributed by atoms with Crippen LogP contribution >= 0.6 is 0 Å². The van der Waals surface area contributed by atoms with Crippen molar-refractivity contribution >= 4 is 38.7 Å². The molecule has 3 N–H and O–H groups in total. The zero-order valence-corrected chi connectivity index (χ0v) is 22.4. The fourth-order valence-electron chi connectivity index (χ4n) is 5.03. The van der Waals surface area contributed by atoms with Crippen LogP contribution in [0.3, 0.4) is 0 Å². The van der Waals surface area contributed by atoms with Crippen molar-refractivity contribution in [2.24, 2.45) is 4.99 Å². The van der Waals surface area contributed by atoms with Gasteiger partial charge in [-0.2, -0.15) is 4.31 Å². The van der Waals surface area contributed by atoms with E-state index >= 15 is 0 Å². The highest BCUT2D eigenvalue weighted by Crippen LogP contribution is 2.33. The third kappa shape index (κ3) is 6.15. The van der Waals surface area contributed by atoms with Gasteiger partial charge in [0.1, 0.15) is 17.1 Å². The maximum atomic E-state index is 13.1. The van der Waals surface area contributed by atoms with E-state index in [2.05, 4.69) is 15.0 Å². The van der Waals surface area contributed by atoms with Crippen molar-refractivity contribution in [2.45, 2.75) is 37.4 Å². The third-order valence-electron chi connectivity index (χ3n) is 7.12.